The van der Waals surface area contributed by atoms with E-state index in [4.69, 9.17) is 9.47 Å². The highest BCUT2D eigenvalue weighted by molar-refractivity contribution is 6.21. The van der Waals surface area contributed by atoms with Gasteiger partial charge in [0.05, 0.1) is 36.5 Å². The lowest BCUT2D eigenvalue weighted by Crippen LogP contribution is -2.45. The molecule has 2 amide bonds. The van der Waals surface area contributed by atoms with Crippen molar-refractivity contribution in [2.45, 2.75) is 70.7 Å². The monoisotopic (exact) mass is 644 g/mol. The second kappa shape index (κ2) is 14.5. The van der Waals surface area contributed by atoms with E-state index < -0.39 is 6.29 Å². The van der Waals surface area contributed by atoms with E-state index in [1.165, 1.54) is 37.0 Å². The molecule has 2 saturated heterocycles. The van der Waals surface area contributed by atoms with Gasteiger partial charge in [0.25, 0.3) is 11.8 Å². The molecule has 248 valence electrons. The number of hydrogen-bond acceptors (Lipinski definition) is 6. The van der Waals surface area contributed by atoms with Crippen molar-refractivity contribution in [2.75, 3.05) is 19.6 Å². The van der Waals surface area contributed by atoms with Crippen LogP contribution < -0.4 is 0 Å². The average Bonchev–Trinajstić information content (AvgIpc) is 3.35. The number of amides is 2. The van der Waals surface area contributed by atoms with E-state index in [1.807, 2.05) is 42.5 Å². The fourth-order valence-electron chi connectivity index (χ4n) is 7.36. The van der Waals surface area contributed by atoms with Crippen LogP contribution in [0.4, 0.5) is 0 Å². The number of likely N-dealkylation sites (tertiary alicyclic amines) is 1. The normalized spacial score (nSPS) is 23.5. The fraction of sp³-hybridized carbons (Fsp3) is 0.366. The first kappa shape index (κ1) is 32.4. The van der Waals surface area contributed by atoms with Crippen molar-refractivity contribution in [2.24, 2.45) is 5.92 Å². The Hall–Kier alpha value is -4.14. The van der Waals surface area contributed by atoms with Gasteiger partial charge in [0.2, 0.25) is 0 Å². The summed E-state index contributed by atoms with van der Waals surface area (Å²) in [6.45, 7) is 5.51. The molecule has 7 heteroatoms. The van der Waals surface area contributed by atoms with Crippen molar-refractivity contribution in [3.05, 3.63) is 130 Å². The molecule has 4 unspecified atom stereocenters. The predicted octanol–water partition coefficient (Wildman–Crippen LogP) is 7.70. The molecule has 2 fully saturated rings. The van der Waals surface area contributed by atoms with Crippen molar-refractivity contribution in [3.63, 3.8) is 0 Å². The molecular weight excluding hydrogens is 600 g/mol. The standard InChI is InChI=1S/C41H44N2O5/c1-28-37(26-42-21-7-3-2-4-8-22-42)47-41(48-38(28)31-19-17-29(27-44)18-20-31)34-14-10-13-33(24-34)32-12-9-11-30(23-32)25-43-39(45)35-15-5-6-16-36(35)40(43)46/h5-6,9-20,23-24,28,37-38,41,44H,2-4,7-8,21-22,25-27H2,1H3. The molecule has 0 aromatic heterocycles. The summed E-state index contributed by atoms with van der Waals surface area (Å²) >= 11 is 0. The zero-order valence-corrected chi connectivity index (χ0v) is 27.6. The summed E-state index contributed by atoms with van der Waals surface area (Å²) in [5, 5.41) is 9.63. The SMILES string of the molecule is CC1C(CN2CCCCCCC2)OC(c2cccc(-c3cccc(CN4C(=O)c5ccccc5C4=O)c3)c2)OC1c1ccc(CO)cc1. The minimum Gasteiger partial charge on any atom is -0.392 e. The van der Waals surface area contributed by atoms with Gasteiger partial charge in [0.15, 0.2) is 6.29 Å². The van der Waals surface area contributed by atoms with Crippen LogP contribution >= 0.6 is 0 Å². The molecular formula is C41H44N2O5. The highest BCUT2D eigenvalue weighted by atomic mass is 16.7. The number of nitrogens with zero attached hydrogens (tertiary/aromatic N) is 2. The number of aliphatic hydroxyl groups is 1. The number of carbonyl (C=O) groups excluding carboxylic acids is 2. The van der Waals surface area contributed by atoms with E-state index in [1.54, 1.807) is 24.3 Å². The first-order valence-corrected chi connectivity index (χ1v) is 17.4. The van der Waals surface area contributed by atoms with Crippen LogP contribution in [0.3, 0.4) is 0 Å². The summed E-state index contributed by atoms with van der Waals surface area (Å²) in [5.74, 6) is -0.377. The zero-order valence-electron chi connectivity index (χ0n) is 27.6. The lowest BCUT2D eigenvalue weighted by Gasteiger charge is -2.43. The van der Waals surface area contributed by atoms with Gasteiger partial charge < -0.3 is 19.5 Å². The lowest BCUT2D eigenvalue weighted by molar-refractivity contribution is -0.276. The molecule has 4 aromatic carbocycles. The van der Waals surface area contributed by atoms with E-state index >= 15 is 0 Å². The van der Waals surface area contributed by atoms with E-state index in [2.05, 4.69) is 42.2 Å². The highest BCUT2D eigenvalue weighted by Gasteiger charge is 2.39. The quantitative estimate of drug-likeness (QED) is 0.198. The Bertz CT molecular complexity index is 1710. The van der Waals surface area contributed by atoms with Gasteiger partial charge in [-0.15, -0.1) is 0 Å². The van der Waals surface area contributed by atoms with Crippen molar-refractivity contribution in [3.8, 4) is 11.1 Å². The molecule has 0 aliphatic carbocycles. The molecule has 48 heavy (non-hydrogen) atoms. The van der Waals surface area contributed by atoms with Crippen LogP contribution in [0, 0.1) is 5.92 Å². The number of rotatable bonds is 8. The van der Waals surface area contributed by atoms with Gasteiger partial charge in [-0.1, -0.05) is 99.0 Å². The second-order valence-corrected chi connectivity index (χ2v) is 13.5. The number of hydrogen-bond donors (Lipinski definition) is 1. The maximum absolute atomic E-state index is 13.0. The average molecular weight is 645 g/mol. The van der Waals surface area contributed by atoms with Gasteiger partial charge in [-0.3, -0.25) is 14.5 Å². The van der Waals surface area contributed by atoms with Crippen LogP contribution in [0.15, 0.2) is 97.1 Å². The lowest BCUT2D eigenvalue weighted by atomic mass is 9.89. The molecule has 7 rings (SSSR count). The maximum atomic E-state index is 13.0. The minimum atomic E-state index is -0.551. The number of fused-ring (bicyclic) bond motifs is 1. The summed E-state index contributed by atoms with van der Waals surface area (Å²) in [4.78, 5) is 29.9. The minimum absolute atomic E-state index is 0.0109. The van der Waals surface area contributed by atoms with Gasteiger partial charge in [-0.25, -0.2) is 0 Å². The largest absolute Gasteiger partial charge is 0.392 e. The smallest absolute Gasteiger partial charge is 0.261 e. The number of imide groups is 1. The van der Waals surface area contributed by atoms with Crippen molar-refractivity contribution < 1.29 is 24.2 Å². The van der Waals surface area contributed by atoms with Gasteiger partial charge in [0.1, 0.15) is 0 Å². The molecule has 3 heterocycles. The summed E-state index contributed by atoms with van der Waals surface area (Å²) in [6, 6.07) is 31.4. The van der Waals surface area contributed by atoms with Gasteiger partial charge in [-0.2, -0.15) is 0 Å². The van der Waals surface area contributed by atoms with Crippen LogP contribution in [0.25, 0.3) is 11.1 Å². The molecule has 3 aliphatic rings. The first-order valence-electron chi connectivity index (χ1n) is 17.4. The van der Waals surface area contributed by atoms with Crippen LogP contribution in [-0.2, 0) is 22.6 Å². The van der Waals surface area contributed by atoms with Gasteiger partial charge in [-0.05, 0) is 78.0 Å². The number of benzene rings is 4. The van der Waals surface area contributed by atoms with Gasteiger partial charge in [0, 0.05) is 18.0 Å². The molecule has 0 bridgehead atoms. The maximum Gasteiger partial charge on any atom is 0.261 e. The third-order valence-electron chi connectivity index (χ3n) is 10.1. The van der Waals surface area contributed by atoms with Crippen LogP contribution in [0.5, 0.6) is 0 Å². The Morgan fingerprint density at radius 3 is 2.02 bits per heavy atom. The Morgan fingerprint density at radius 2 is 1.33 bits per heavy atom. The third-order valence-corrected chi connectivity index (χ3v) is 10.1. The van der Waals surface area contributed by atoms with E-state index in [-0.39, 0.29) is 43.1 Å². The molecule has 0 saturated carbocycles. The third kappa shape index (κ3) is 6.87. The van der Waals surface area contributed by atoms with Crippen molar-refractivity contribution >= 4 is 11.8 Å². The van der Waals surface area contributed by atoms with Crippen molar-refractivity contribution in [1.82, 2.24) is 9.80 Å². The summed E-state index contributed by atoms with van der Waals surface area (Å²) in [7, 11) is 0. The summed E-state index contributed by atoms with van der Waals surface area (Å²) in [5.41, 5.74) is 6.70. The molecule has 7 nitrogen and oxygen atoms in total. The topological polar surface area (TPSA) is 79.3 Å². The fourth-order valence-corrected chi connectivity index (χ4v) is 7.36. The Labute approximate surface area is 283 Å². The van der Waals surface area contributed by atoms with Crippen molar-refractivity contribution in [1.29, 1.82) is 0 Å². The molecule has 0 radical (unpaired) electrons. The van der Waals surface area contributed by atoms with Crippen LogP contribution in [-0.4, -0.2) is 52.5 Å². The van der Waals surface area contributed by atoms with E-state index in [9.17, 15) is 14.7 Å². The predicted molar refractivity (Wildman–Crippen MR) is 185 cm³/mol. The molecule has 0 spiro atoms. The summed E-state index contributed by atoms with van der Waals surface area (Å²) < 4.78 is 13.6. The van der Waals surface area contributed by atoms with Crippen LogP contribution in [0.2, 0.25) is 0 Å². The number of aliphatic hydroxyl groups excluding tert-OH is 1. The Morgan fingerprint density at radius 1 is 0.688 bits per heavy atom. The first-order chi connectivity index (χ1) is 23.5. The number of ether oxygens (including phenoxy) is 2. The van der Waals surface area contributed by atoms with Gasteiger partial charge >= 0.3 is 0 Å². The summed E-state index contributed by atoms with van der Waals surface area (Å²) in [6.07, 6.45) is 5.62. The molecule has 4 aromatic rings. The highest BCUT2D eigenvalue weighted by Crippen LogP contribution is 2.42. The number of carbonyl (C=O) groups is 2. The Kier molecular flexibility index (Phi) is 9.82. The second-order valence-electron chi connectivity index (χ2n) is 13.5. The Balaban J connectivity index is 1.13. The zero-order chi connectivity index (χ0) is 33.0. The molecule has 4 atom stereocenters. The van der Waals surface area contributed by atoms with E-state index in [0.29, 0.717) is 11.1 Å². The molecule has 3 aliphatic heterocycles. The van der Waals surface area contributed by atoms with Crippen LogP contribution in [0.1, 0.15) is 94.4 Å². The molecule has 1 N–H and O–H groups in total. The van der Waals surface area contributed by atoms with E-state index in [0.717, 1.165) is 53.0 Å².